The van der Waals surface area contributed by atoms with Gasteiger partial charge in [0.1, 0.15) is 6.33 Å². The molecule has 1 aromatic carbocycles. The molecule has 0 saturated heterocycles. The number of nitrogens with one attached hydrogen (secondary N) is 2. The third-order valence-corrected chi connectivity index (χ3v) is 2.36. The van der Waals surface area contributed by atoms with Crippen molar-refractivity contribution >= 4 is 5.95 Å². The minimum absolute atomic E-state index is 0.709. The number of H-pyrrole nitrogens is 1. The highest BCUT2D eigenvalue weighted by molar-refractivity contribution is 5.31. The van der Waals surface area contributed by atoms with Gasteiger partial charge >= 0.3 is 0 Å². The van der Waals surface area contributed by atoms with Gasteiger partial charge in [-0.1, -0.05) is 31.2 Å². The van der Waals surface area contributed by atoms with Crippen molar-refractivity contribution in [2.45, 2.75) is 19.9 Å². The molecule has 4 heteroatoms. The Kier molecular flexibility index (Phi) is 2.97. The molecule has 0 saturated carbocycles. The van der Waals surface area contributed by atoms with Crippen molar-refractivity contribution in [3.8, 4) is 0 Å². The van der Waals surface area contributed by atoms with E-state index in [1.165, 1.54) is 17.5 Å². The van der Waals surface area contributed by atoms with Gasteiger partial charge in [-0.3, -0.25) is 0 Å². The van der Waals surface area contributed by atoms with E-state index in [-0.39, 0.29) is 0 Å². The molecule has 15 heavy (non-hydrogen) atoms. The van der Waals surface area contributed by atoms with Crippen molar-refractivity contribution in [1.29, 1.82) is 0 Å². The number of hydrogen-bond acceptors (Lipinski definition) is 3. The minimum atomic E-state index is 0.709. The van der Waals surface area contributed by atoms with Crippen LogP contribution in [0.15, 0.2) is 30.6 Å². The number of nitrogens with zero attached hydrogens (tertiary/aromatic N) is 2. The Balaban J connectivity index is 2.04. The summed E-state index contributed by atoms with van der Waals surface area (Å²) in [6.07, 6.45) is 2.54. The van der Waals surface area contributed by atoms with E-state index < -0.39 is 0 Å². The molecule has 1 aromatic heterocycles. The summed E-state index contributed by atoms with van der Waals surface area (Å²) in [5, 5.41) is 9.74. The van der Waals surface area contributed by atoms with Crippen LogP contribution in [0.4, 0.5) is 5.95 Å². The molecule has 0 unspecified atom stereocenters. The lowest BCUT2D eigenvalue weighted by molar-refractivity contribution is 1.01. The predicted molar refractivity (Wildman–Crippen MR) is 59.5 cm³/mol. The van der Waals surface area contributed by atoms with Gasteiger partial charge in [0.25, 0.3) is 0 Å². The van der Waals surface area contributed by atoms with Gasteiger partial charge in [0, 0.05) is 6.54 Å². The molecule has 0 bridgehead atoms. The van der Waals surface area contributed by atoms with Crippen LogP contribution in [0.1, 0.15) is 18.1 Å². The molecular formula is C11H14N4. The second-order valence-corrected chi connectivity index (χ2v) is 3.31. The molecule has 2 aromatic rings. The van der Waals surface area contributed by atoms with E-state index in [1.54, 1.807) is 0 Å². The van der Waals surface area contributed by atoms with E-state index in [0.717, 1.165) is 13.0 Å². The fraction of sp³-hybridized carbons (Fsp3) is 0.273. The normalized spacial score (nSPS) is 10.2. The van der Waals surface area contributed by atoms with E-state index in [1.807, 2.05) is 0 Å². The summed E-state index contributed by atoms with van der Waals surface area (Å²) in [5.41, 5.74) is 2.67. The highest BCUT2D eigenvalue weighted by atomic mass is 15.3. The number of aromatic amines is 1. The van der Waals surface area contributed by atoms with E-state index in [2.05, 4.69) is 51.7 Å². The van der Waals surface area contributed by atoms with Crippen molar-refractivity contribution in [3.05, 3.63) is 41.7 Å². The number of aryl methyl sites for hydroxylation is 1. The fourth-order valence-corrected chi connectivity index (χ4v) is 1.54. The zero-order valence-electron chi connectivity index (χ0n) is 8.70. The Morgan fingerprint density at radius 1 is 1.27 bits per heavy atom. The summed E-state index contributed by atoms with van der Waals surface area (Å²) in [4.78, 5) is 4.01. The molecule has 0 aliphatic carbocycles. The number of aromatic nitrogens is 3. The summed E-state index contributed by atoms with van der Waals surface area (Å²) < 4.78 is 0. The van der Waals surface area contributed by atoms with Crippen LogP contribution in [0.25, 0.3) is 0 Å². The lowest BCUT2D eigenvalue weighted by atomic mass is 10.1. The van der Waals surface area contributed by atoms with Gasteiger partial charge in [-0.05, 0) is 17.5 Å². The zero-order chi connectivity index (χ0) is 10.5. The first-order valence-electron chi connectivity index (χ1n) is 5.06. The van der Waals surface area contributed by atoms with Crippen molar-refractivity contribution in [2.75, 3.05) is 5.32 Å². The predicted octanol–water partition coefficient (Wildman–Crippen LogP) is 1.98. The van der Waals surface area contributed by atoms with Gasteiger partial charge in [-0.15, -0.1) is 0 Å². The van der Waals surface area contributed by atoms with E-state index >= 15 is 0 Å². The Morgan fingerprint density at radius 3 is 2.73 bits per heavy atom. The Bertz CT molecular complexity index is 408. The Hall–Kier alpha value is -1.84. The van der Waals surface area contributed by atoms with Gasteiger partial charge in [0.2, 0.25) is 5.95 Å². The lowest BCUT2D eigenvalue weighted by Crippen LogP contribution is -2.03. The van der Waals surface area contributed by atoms with Crippen LogP contribution in [0.5, 0.6) is 0 Å². The molecule has 0 radical (unpaired) electrons. The molecule has 0 spiro atoms. The number of benzene rings is 1. The quantitative estimate of drug-likeness (QED) is 0.797. The highest BCUT2D eigenvalue weighted by Gasteiger charge is 2.00. The molecule has 0 aliphatic rings. The van der Waals surface area contributed by atoms with Crippen LogP contribution >= 0.6 is 0 Å². The van der Waals surface area contributed by atoms with Crippen LogP contribution in [0.3, 0.4) is 0 Å². The van der Waals surface area contributed by atoms with Crippen molar-refractivity contribution in [3.63, 3.8) is 0 Å². The average molecular weight is 202 g/mol. The van der Waals surface area contributed by atoms with E-state index in [0.29, 0.717) is 5.95 Å². The maximum Gasteiger partial charge on any atom is 0.218 e. The third kappa shape index (κ3) is 2.34. The van der Waals surface area contributed by atoms with Crippen LogP contribution in [0.2, 0.25) is 0 Å². The standard InChI is InChI=1S/C11H14N4/c1-2-9-5-3-4-6-10(9)7-12-11-13-8-14-15-11/h3-6,8H,2,7H2,1H3,(H2,12,13,14,15). The second kappa shape index (κ2) is 4.59. The highest BCUT2D eigenvalue weighted by Crippen LogP contribution is 2.10. The van der Waals surface area contributed by atoms with Gasteiger partial charge in [0.05, 0.1) is 0 Å². The molecule has 1 heterocycles. The monoisotopic (exact) mass is 202 g/mol. The molecule has 2 rings (SSSR count). The zero-order valence-corrected chi connectivity index (χ0v) is 8.70. The van der Waals surface area contributed by atoms with E-state index in [9.17, 15) is 0 Å². The van der Waals surface area contributed by atoms with Gasteiger partial charge < -0.3 is 5.32 Å². The third-order valence-electron chi connectivity index (χ3n) is 2.36. The molecule has 2 N–H and O–H groups in total. The molecule has 4 nitrogen and oxygen atoms in total. The van der Waals surface area contributed by atoms with Crippen molar-refractivity contribution < 1.29 is 0 Å². The molecule has 0 amide bonds. The largest absolute Gasteiger partial charge is 0.351 e. The Morgan fingerprint density at radius 2 is 2.07 bits per heavy atom. The maximum atomic E-state index is 4.01. The molecular weight excluding hydrogens is 188 g/mol. The fourth-order valence-electron chi connectivity index (χ4n) is 1.54. The maximum absolute atomic E-state index is 4.01. The van der Waals surface area contributed by atoms with Gasteiger partial charge in [0.15, 0.2) is 0 Å². The van der Waals surface area contributed by atoms with Gasteiger partial charge in [-0.25, -0.2) is 10.1 Å². The first kappa shape index (κ1) is 9.71. The number of rotatable bonds is 4. The molecule has 78 valence electrons. The summed E-state index contributed by atoms with van der Waals surface area (Å²) >= 11 is 0. The van der Waals surface area contributed by atoms with Crippen molar-refractivity contribution in [2.24, 2.45) is 0 Å². The number of anilines is 1. The summed E-state index contributed by atoms with van der Waals surface area (Å²) in [5.74, 6) is 0.709. The van der Waals surface area contributed by atoms with Gasteiger partial charge in [-0.2, -0.15) is 5.10 Å². The average Bonchev–Trinajstić information content (AvgIpc) is 2.79. The summed E-state index contributed by atoms with van der Waals surface area (Å²) in [7, 11) is 0. The first-order chi connectivity index (χ1) is 7.40. The molecule has 0 atom stereocenters. The minimum Gasteiger partial charge on any atom is -0.351 e. The summed E-state index contributed by atoms with van der Waals surface area (Å²) in [6, 6.07) is 8.40. The van der Waals surface area contributed by atoms with Crippen molar-refractivity contribution in [1.82, 2.24) is 15.2 Å². The molecule has 0 aliphatic heterocycles. The van der Waals surface area contributed by atoms with Crippen LogP contribution in [-0.2, 0) is 13.0 Å². The summed E-state index contributed by atoms with van der Waals surface area (Å²) in [6.45, 7) is 2.94. The number of hydrogen-bond donors (Lipinski definition) is 2. The topological polar surface area (TPSA) is 53.6 Å². The van der Waals surface area contributed by atoms with Crippen LogP contribution in [0, 0.1) is 0 Å². The second-order valence-electron chi connectivity index (χ2n) is 3.31. The first-order valence-corrected chi connectivity index (χ1v) is 5.06. The van der Waals surface area contributed by atoms with E-state index in [4.69, 9.17) is 0 Å². The molecule has 0 fully saturated rings. The Labute approximate surface area is 88.8 Å². The lowest BCUT2D eigenvalue weighted by Gasteiger charge is -2.07. The smallest absolute Gasteiger partial charge is 0.218 e. The SMILES string of the molecule is CCc1ccccc1CNc1ncn[nH]1. The van der Waals surface area contributed by atoms with Crippen LogP contribution < -0.4 is 5.32 Å². The van der Waals surface area contributed by atoms with Crippen LogP contribution in [-0.4, -0.2) is 15.2 Å².